The van der Waals surface area contributed by atoms with Crippen LogP contribution in [-0.2, 0) is 16.1 Å². The van der Waals surface area contributed by atoms with Gasteiger partial charge < -0.3 is 19.5 Å². The predicted octanol–water partition coefficient (Wildman–Crippen LogP) is 1.74. The van der Waals surface area contributed by atoms with Crippen molar-refractivity contribution in [3.8, 4) is 11.5 Å². The molecule has 0 bridgehead atoms. The molecule has 3 rings (SSSR count). The Morgan fingerprint density at radius 2 is 2.04 bits per heavy atom. The van der Waals surface area contributed by atoms with Gasteiger partial charge in [-0.2, -0.15) is 0 Å². The van der Waals surface area contributed by atoms with Crippen molar-refractivity contribution in [3.05, 3.63) is 35.4 Å². The molecule has 0 aromatic heterocycles. The number of hydrogen-bond acceptors (Lipinski definition) is 5. The molecule has 2 heterocycles. The maximum absolute atomic E-state index is 12.3. The molecule has 2 aliphatic heterocycles. The maximum Gasteiger partial charge on any atom is 0.247 e. The first-order valence-corrected chi connectivity index (χ1v) is 8.70. The molecule has 6 heteroatoms. The number of nitrogens with zero attached hydrogens (tertiary/aromatic N) is 1. The molecule has 0 radical (unpaired) electrons. The first-order valence-electron chi connectivity index (χ1n) is 8.70. The number of likely N-dealkylation sites (tertiary alicyclic amines) is 1. The van der Waals surface area contributed by atoms with E-state index in [0.717, 1.165) is 48.7 Å². The average Bonchev–Trinajstić information content (AvgIpc) is 3.08. The first kappa shape index (κ1) is 17.8. The number of nitrogens with one attached hydrogen (secondary N) is 1. The molecular formula is C19H26N2O4. The van der Waals surface area contributed by atoms with Crippen LogP contribution in [0.5, 0.6) is 11.5 Å². The van der Waals surface area contributed by atoms with E-state index >= 15 is 0 Å². The van der Waals surface area contributed by atoms with E-state index in [1.54, 1.807) is 14.2 Å². The molecule has 1 aromatic rings. The van der Waals surface area contributed by atoms with E-state index < -0.39 is 0 Å². The fraction of sp³-hybridized carbons (Fsp3) is 0.526. The number of methoxy groups -OCH3 is 2. The smallest absolute Gasteiger partial charge is 0.247 e. The lowest BCUT2D eigenvalue weighted by atomic mass is 10.1. The van der Waals surface area contributed by atoms with Crippen molar-refractivity contribution < 1.29 is 19.0 Å². The van der Waals surface area contributed by atoms with Crippen LogP contribution in [0.2, 0.25) is 0 Å². The summed E-state index contributed by atoms with van der Waals surface area (Å²) in [5.74, 6) is 1.65. The highest BCUT2D eigenvalue weighted by Gasteiger charge is 2.25. The molecule has 0 unspecified atom stereocenters. The quantitative estimate of drug-likeness (QED) is 0.850. The minimum atomic E-state index is 0.0539. The van der Waals surface area contributed by atoms with E-state index in [1.165, 1.54) is 0 Å². The molecule has 0 spiro atoms. The van der Waals surface area contributed by atoms with Crippen LogP contribution in [-0.4, -0.2) is 57.4 Å². The number of benzene rings is 1. The van der Waals surface area contributed by atoms with E-state index in [2.05, 4.69) is 10.2 Å². The molecule has 1 amide bonds. The number of carbonyl (C=O) groups is 1. The number of amides is 1. The summed E-state index contributed by atoms with van der Waals surface area (Å²) in [5, 5.41) is 3.16. The minimum absolute atomic E-state index is 0.0539. The number of hydrogen-bond donors (Lipinski definition) is 1. The summed E-state index contributed by atoms with van der Waals surface area (Å²) in [6.45, 7) is 3.81. The second-order valence-electron chi connectivity index (χ2n) is 6.47. The average molecular weight is 346 g/mol. The zero-order chi connectivity index (χ0) is 17.6. The zero-order valence-electron chi connectivity index (χ0n) is 14.9. The minimum Gasteiger partial charge on any atom is -0.497 e. The van der Waals surface area contributed by atoms with Crippen molar-refractivity contribution in [2.45, 2.75) is 25.4 Å². The fourth-order valence-corrected chi connectivity index (χ4v) is 3.32. The van der Waals surface area contributed by atoms with Crippen LogP contribution in [0.4, 0.5) is 0 Å². The van der Waals surface area contributed by atoms with Crippen LogP contribution in [0.3, 0.4) is 0 Å². The summed E-state index contributed by atoms with van der Waals surface area (Å²) in [5.41, 5.74) is 2.00. The van der Waals surface area contributed by atoms with Crippen LogP contribution in [0, 0.1) is 0 Å². The second-order valence-corrected chi connectivity index (χ2v) is 6.47. The number of carbonyl (C=O) groups excluding carboxylic acids is 1. The Kier molecular flexibility index (Phi) is 5.94. The first-order chi connectivity index (χ1) is 12.2. The van der Waals surface area contributed by atoms with Gasteiger partial charge in [-0.1, -0.05) is 6.08 Å². The molecule has 1 saturated heterocycles. The topological polar surface area (TPSA) is 60.0 Å². The molecule has 6 nitrogen and oxygen atoms in total. The number of rotatable bonds is 6. The van der Waals surface area contributed by atoms with E-state index in [-0.39, 0.29) is 11.9 Å². The molecule has 0 aliphatic carbocycles. The molecule has 1 aromatic carbocycles. The van der Waals surface area contributed by atoms with E-state index in [0.29, 0.717) is 19.6 Å². The molecule has 1 N–H and O–H groups in total. The molecule has 2 aliphatic rings. The Labute approximate surface area is 148 Å². The van der Waals surface area contributed by atoms with Crippen molar-refractivity contribution in [3.63, 3.8) is 0 Å². The van der Waals surface area contributed by atoms with Crippen LogP contribution in [0.25, 0.3) is 0 Å². The third kappa shape index (κ3) is 4.74. The normalized spacial score (nSPS) is 20.9. The standard InChI is InChI=1S/C19H26N2O4/c1-23-17-9-14(10-18(11-17)24-2)12-21-6-3-16(13-21)20-19(22)15-4-7-25-8-5-15/h4,9-11,16H,3,5-8,12-13H2,1-2H3,(H,20,22)/t16-/m0/s1. The van der Waals surface area contributed by atoms with Gasteiger partial charge in [0.05, 0.1) is 27.4 Å². The van der Waals surface area contributed by atoms with Crippen LogP contribution < -0.4 is 14.8 Å². The van der Waals surface area contributed by atoms with E-state index in [9.17, 15) is 4.79 Å². The Balaban J connectivity index is 1.54. The van der Waals surface area contributed by atoms with Crippen molar-refractivity contribution in [1.82, 2.24) is 10.2 Å². The van der Waals surface area contributed by atoms with Crippen LogP contribution >= 0.6 is 0 Å². The summed E-state index contributed by atoms with van der Waals surface area (Å²) in [6, 6.07) is 6.13. The second kappa shape index (κ2) is 8.36. The Morgan fingerprint density at radius 3 is 2.68 bits per heavy atom. The summed E-state index contributed by atoms with van der Waals surface area (Å²) in [4.78, 5) is 14.6. The predicted molar refractivity (Wildman–Crippen MR) is 94.9 cm³/mol. The number of ether oxygens (including phenoxy) is 3. The molecule has 1 atom stereocenters. The van der Waals surface area contributed by atoms with Crippen LogP contribution in [0.15, 0.2) is 29.8 Å². The Morgan fingerprint density at radius 1 is 1.28 bits per heavy atom. The van der Waals surface area contributed by atoms with Gasteiger partial charge in [0, 0.05) is 43.7 Å². The van der Waals surface area contributed by atoms with Crippen molar-refractivity contribution in [2.75, 3.05) is 40.5 Å². The fourth-order valence-electron chi connectivity index (χ4n) is 3.32. The van der Waals surface area contributed by atoms with Gasteiger partial charge in [0.2, 0.25) is 5.91 Å². The van der Waals surface area contributed by atoms with Crippen LogP contribution in [0.1, 0.15) is 18.4 Å². The lowest BCUT2D eigenvalue weighted by molar-refractivity contribution is -0.118. The summed E-state index contributed by atoms with van der Waals surface area (Å²) in [6.07, 6.45) is 3.55. The van der Waals surface area contributed by atoms with Gasteiger partial charge in [0.15, 0.2) is 0 Å². The van der Waals surface area contributed by atoms with Gasteiger partial charge in [-0.05, 0) is 24.1 Å². The molecule has 136 valence electrons. The summed E-state index contributed by atoms with van der Waals surface area (Å²) < 4.78 is 15.9. The van der Waals surface area contributed by atoms with Gasteiger partial charge in [-0.3, -0.25) is 9.69 Å². The van der Waals surface area contributed by atoms with Gasteiger partial charge in [0.25, 0.3) is 0 Å². The third-order valence-corrected chi connectivity index (χ3v) is 4.68. The van der Waals surface area contributed by atoms with Crippen molar-refractivity contribution in [2.24, 2.45) is 0 Å². The van der Waals surface area contributed by atoms with E-state index in [4.69, 9.17) is 14.2 Å². The molecule has 25 heavy (non-hydrogen) atoms. The molecule has 0 saturated carbocycles. The summed E-state index contributed by atoms with van der Waals surface area (Å²) >= 11 is 0. The monoisotopic (exact) mass is 346 g/mol. The lowest BCUT2D eigenvalue weighted by Crippen LogP contribution is -2.38. The van der Waals surface area contributed by atoms with Crippen molar-refractivity contribution in [1.29, 1.82) is 0 Å². The van der Waals surface area contributed by atoms with E-state index in [1.807, 2.05) is 24.3 Å². The SMILES string of the molecule is COc1cc(CN2CC[C@H](NC(=O)C3=CCOCC3)C2)cc(OC)c1. The van der Waals surface area contributed by atoms with Gasteiger partial charge in [0.1, 0.15) is 11.5 Å². The van der Waals surface area contributed by atoms with Crippen molar-refractivity contribution >= 4 is 5.91 Å². The highest BCUT2D eigenvalue weighted by atomic mass is 16.5. The van der Waals surface area contributed by atoms with Gasteiger partial charge in [-0.25, -0.2) is 0 Å². The maximum atomic E-state index is 12.3. The Hall–Kier alpha value is -2.05. The highest BCUT2D eigenvalue weighted by molar-refractivity contribution is 5.93. The Bertz CT molecular complexity index is 622. The third-order valence-electron chi connectivity index (χ3n) is 4.68. The largest absolute Gasteiger partial charge is 0.497 e. The summed E-state index contributed by atoms with van der Waals surface area (Å²) in [7, 11) is 3.32. The molecule has 1 fully saturated rings. The lowest BCUT2D eigenvalue weighted by Gasteiger charge is -2.19. The zero-order valence-corrected chi connectivity index (χ0v) is 14.9. The van der Waals surface area contributed by atoms with Gasteiger partial charge in [-0.15, -0.1) is 0 Å². The highest BCUT2D eigenvalue weighted by Crippen LogP contribution is 2.24. The van der Waals surface area contributed by atoms with Gasteiger partial charge >= 0.3 is 0 Å². The molecular weight excluding hydrogens is 320 g/mol.